The predicted molar refractivity (Wildman–Crippen MR) is 81.2 cm³/mol. The highest BCUT2D eigenvalue weighted by atomic mass is 79.9. The zero-order chi connectivity index (χ0) is 14.7. The average Bonchev–Trinajstić information content (AvgIpc) is 2.99. The van der Waals surface area contributed by atoms with Crippen molar-refractivity contribution in [3.05, 3.63) is 65.0 Å². The highest BCUT2D eigenvalue weighted by molar-refractivity contribution is 9.10. The van der Waals surface area contributed by atoms with Gasteiger partial charge in [0.25, 0.3) is 5.91 Å². The summed E-state index contributed by atoms with van der Waals surface area (Å²) in [6, 6.07) is 12.8. The van der Waals surface area contributed by atoms with Gasteiger partial charge in [-0.15, -0.1) is 5.10 Å². The molecule has 0 radical (unpaired) electrons. The Morgan fingerprint density at radius 1 is 1.14 bits per heavy atom. The monoisotopic (exact) mass is 343 g/mol. The van der Waals surface area contributed by atoms with Crippen LogP contribution in [-0.2, 0) is 0 Å². The molecule has 3 rings (SSSR count). The number of rotatable bonds is 3. The van der Waals surface area contributed by atoms with Crippen molar-refractivity contribution in [3.8, 4) is 5.69 Å². The number of anilines is 1. The van der Waals surface area contributed by atoms with Crippen LogP contribution in [0.4, 0.5) is 5.82 Å². The third-order valence-electron chi connectivity index (χ3n) is 2.72. The van der Waals surface area contributed by atoms with Crippen molar-refractivity contribution in [1.29, 1.82) is 0 Å². The lowest BCUT2D eigenvalue weighted by atomic mass is 10.3. The first-order valence-corrected chi connectivity index (χ1v) is 6.92. The lowest BCUT2D eigenvalue weighted by Crippen LogP contribution is -2.13. The number of benzene rings is 1. The van der Waals surface area contributed by atoms with Gasteiger partial charge in [-0.3, -0.25) is 4.79 Å². The van der Waals surface area contributed by atoms with Crippen LogP contribution in [0.25, 0.3) is 5.69 Å². The van der Waals surface area contributed by atoms with Gasteiger partial charge in [0, 0.05) is 10.7 Å². The molecule has 2 heterocycles. The molecular weight excluding hydrogens is 334 g/mol. The number of carbonyl (C=O) groups is 1. The molecule has 6 nitrogen and oxygen atoms in total. The molecule has 1 amide bonds. The number of pyridine rings is 1. The van der Waals surface area contributed by atoms with E-state index < -0.39 is 0 Å². The first-order valence-electron chi connectivity index (χ1n) is 6.13. The second-order valence-electron chi connectivity index (χ2n) is 4.19. The largest absolute Gasteiger partial charge is 0.305 e. The molecule has 1 aromatic carbocycles. The van der Waals surface area contributed by atoms with Crippen LogP contribution in [0.5, 0.6) is 0 Å². The van der Waals surface area contributed by atoms with E-state index in [1.54, 1.807) is 35.3 Å². The van der Waals surface area contributed by atoms with E-state index in [-0.39, 0.29) is 11.6 Å². The van der Waals surface area contributed by atoms with E-state index >= 15 is 0 Å². The third kappa shape index (κ3) is 3.14. The van der Waals surface area contributed by atoms with Crippen molar-refractivity contribution < 1.29 is 4.79 Å². The van der Waals surface area contributed by atoms with E-state index in [1.807, 2.05) is 24.3 Å². The van der Waals surface area contributed by atoms with E-state index in [4.69, 9.17) is 0 Å². The summed E-state index contributed by atoms with van der Waals surface area (Å²) in [5.41, 5.74) is 1.05. The van der Waals surface area contributed by atoms with Crippen molar-refractivity contribution >= 4 is 27.7 Å². The lowest BCUT2D eigenvalue weighted by Gasteiger charge is -2.00. The Kier molecular flexibility index (Phi) is 3.74. The third-order valence-corrected chi connectivity index (χ3v) is 3.25. The molecule has 0 fully saturated rings. The summed E-state index contributed by atoms with van der Waals surface area (Å²) in [7, 11) is 0. The molecule has 7 heteroatoms. The summed E-state index contributed by atoms with van der Waals surface area (Å²) in [5, 5.41) is 10.5. The highest BCUT2D eigenvalue weighted by Crippen LogP contribution is 2.13. The maximum absolute atomic E-state index is 12.0. The zero-order valence-corrected chi connectivity index (χ0v) is 12.4. The summed E-state index contributed by atoms with van der Waals surface area (Å²) in [6.45, 7) is 0. The summed E-state index contributed by atoms with van der Waals surface area (Å²) in [6.07, 6.45) is 3.18. The minimum atomic E-state index is -0.350. The molecule has 1 N–H and O–H groups in total. The van der Waals surface area contributed by atoms with Crippen LogP contribution < -0.4 is 5.32 Å². The number of halogens is 1. The summed E-state index contributed by atoms with van der Waals surface area (Å²) in [5.74, 6) is 0.123. The molecule has 0 saturated heterocycles. The SMILES string of the molecule is O=C(Nc1ccccn1)c1cn(-c2ccc(Br)cc2)nn1. The van der Waals surface area contributed by atoms with Gasteiger partial charge in [0.2, 0.25) is 0 Å². The van der Waals surface area contributed by atoms with Gasteiger partial charge < -0.3 is 5.32 Å². The van der Waals surface area contributed by atoms with Crippen LogP contribution in [0.3, 0.4) is 0 Å². The second kappa shape index (κ2) is 5.84. The smallest absolute Gasteiger partial charge is 0.279 e. The molecule has 3 aromatic rings. The number of amides is 1. The number of carbonyl (C=O) groups excluding carboxylic acids is 1. The van der Waals surface area contributed by atoms with Gasteiger partial charge in [-0.1, -0.05) is 27.2 Å². The van der Waals surface area contributed by atoms with Crippen LogP contribution in [0.15, 0.2) is 59.3 Å². The van der Waals surface area contributed by atoms with E-state index in [0.29, 0.717) is 5.82 Å². The minimum absolute atomic E-state index is 0.226. The van der Waals surface area contributed by atoms with Gasteiger partial charge >= 0.3 is 0 Å². The molecule has 0 aliphatic rings. The number of hydrogen-bond donors (Lipinski definition) is 1. The van der Waals surface area contributed by atoms with Crippen LogP contribution >= 0.6 is 15.9 Å². The van der Waals surface area contributed by atoms with Gasteiger partial charge in [-0.2, -0.15) is 0 Å². The topological polar surface area (TPSA) is 72.7 Å². The average molecular weight is 344 g/mol. The fourth-order valence-electron chi connectivity index (χ4n) is 1.70. The lowest BCUT2D eigenvalue weighted by molar-refractivity contribution is 0.102. The molecule has 21 heavy (non-hydrogen) atoms. The van der Waals surface area contributed by atoms with Gasteiger partial charge in [0.15, 0.2) is 5.69 Å². The molecule has 0 unspecified atom stereocenters. The number of nitrogens with one attached hydrogen (secondary N) is 1. The molecular formula is C14H10BrN5O. The molecule has 0 aliphatic carbocycles. The minimum Gasteiger partial charge on any atom is -0.305 e. The van der Waals surface area contributed by atoms with E-state index in [1.165, 1.54) is 0 Å². The van der Waals surface area contributed by atoms with Crippen molar-refractivity contribution in [2.24, 2.45) is 0 Å². The highest BCUT2D eigenvalue weighted by Gasteiger charge is 2.12. The Morgan fingerprint density at radius 2 is 1.95 bits per heavy atom. The molecule has 0 saturated carbocycles. The molecule has 104 valence electrons. The Morgan fingerprint density at radius 3 is 2.67 bits per heavy atom. The number of aromatic nitrogens is 4. The van der Waals surface area contributed by atoms with Gasteiger partial charge in [0.05, 0.1) is 11.9 Å². The van der Waals surface area contributed by atoms with Gasteiger partial charge in [-0.25, -0.2) is 9.67 Å². The van der Waals surface area contributed by atoms with Crippen LogP contribution in [0.2, 0.25) is 0 Å². The van der Waals surface area contributed by atoms with Crippen LogP contribution in [-0.4, -0.2) is 25.9 Å². The quantitative estimate of drug-likeness (QED) is 0.793. The van der Waals surface area contributed by atoms with Crippen molar-refractivity contribution in [2.45, 2.75) is 0 Å². The fraction of sp³-hybridized carbons (Fsp3) is 0. The van der Waals surface area contributed by atoms with Crippen LogP contribution in [0, 0.1) is 0 Å². The maximum atomic E-state index is 12.0. The van der Waals surface area contributed by atoms with Gasteiger partial charge in [0.1, 0.15) is 5.82 Å². The number of hydrogen-bond acceptors (Lipinski definition) is 4. The summed E-state index contributed by atoms with van der Waals surface area (Å²) in [4.78, 5) is 16.1. The summed E-state index contributed by atoms with van der Waals surface area (Å²) >= 11 is 3.37. The van der Waals surface area contributed by atoms with E-state index in [0.717, 1.165) is 10.2 Å². The van der Waals surface area contributed by atoms with Crippen molar-refractivity contribution in [3.63, 3.8) is 0 Å². The van der Waals surface area contributed by atoms with E-state index in [2.05, 4.69) is 36.5 Å². The maximum Gasteiger partial charge on any atom is 0.279 e. The Bertz CT molecular complexity index is 755. The first kappa shape index (κ1) is 13.4. The Hall–Kier alpha value is -2.54. The molecule has 2 aromatic heterocycles. The van der Waals surface area contributed by atoms with Crippen molar-refractivity contribution in [1.82, 2.24) is 20.0 Å². The van der Waals surface area contributed by atoms with Gasteiger partial charge in [-0.05, 0) is 36.4 Å². The fourth-order valence-corrected chi connectivity index (χ4v) is 1.97. The van der Waals surface area contributed by atoms with Crippen LogP contribution in [0.1, 0.15) is 10.5 Å². The normalized spacial score (nSPS) is 10.3. The zero-order valence-electron chi connectivity index (χ0n) is 10.8. The van der Waals surface area contributed by atoms with Crippen molar-refractivity contribution in [2.75, 3.05) is 5.32 Å². The molecule has 0 aliphatic heterocycles. The van der Waals surface area contributed by atoms with E-state index in [9.17, 15) is 4.79 Å². The molecule has 0 spiro atoms. The molecule has 0 bridgehead atoms. The predicted octanol–water partition coefficient (Wildman–Crippen LogP) is 2.68. The molecule has 0 atom stereocenters. The summed E-state index contributed by atoms with van der Waals surface area (Å²) < 4.78 is 2.51. The standard InChI is InChI=1S/C14H10BrN5O/c15-10-4-6-11(7-5-10)20-9-12(18-19-20)14(21)17-13-3-1-2-8-16-13/h1-9H,(H,16,17,21). The first-order chi connectivity index (χ1) is 10.2. The Balaban J connectivity index is 1.78. The number of nitrogens with zero attached hydrogens (tertiary/aromatic N) is 4. The Labute approximate surface area is 129 Å². The second-order valence-corrected chi connectivity index (χ2v) is 5.11.